The molecule has 1 atom stereocenters. The summed E-state index contributed by atoms with van der Waals surface area (Å²) in [6.07, 6.45) is -0.136. The minimum atomic E-state index is -1.05. The number of pyridine rings is 1. The molecule has 3 rings (SSSR count). The Labute approximate surface area is 140 Å². The highest BCUT2D eigenvalue weighted by molar-refractivity contribution is 9.09. The smallest absolute Gasteiger partial charge is 0.310 e. The first kappa shape index (κ1) is 16.2. The standard InChI is InChI=1S/C15H15BrN2O5/c1-2-21-13(19)6-9-5-12-15(22-3-4-23-15)11(16)8-18(12)14(20)10(9)7-17/h5,11H,2-4,6,8H2,1H3. The maximum atomic E-state index is 12.6. The first-order valence-electron chi connectivity index (χ1n) is 7.28. The van der Waals surface area contributed by atoms with Gasteiger partial charge < -0.3 is 18.8 Å². The van der Waals surface area contributed by atoms with Gasteiger partial charge in [0.1, 0.15) is 11.6 Å². The molecule has 122 valence electrons. The minimum Gasteiger partial charge on any atom is -0.466 e. The Hall–Kier alpha value is -1.69. The maximum absolute atomic E-state index is 12.6. The van der Waals surface area contributed by atoms with Crippen LogP contribution in [0.25, 0.3) is 0 Å². The second-order valence-electron chi connectivity index (χ2n) is 5.27. The van der Waals surface area contributed by atoms with E-state index in [1.807, 2.05) is 6.07 Å². The number of carbonyl (C=O) groups is 1. The average Bonchev–Trinajstić information content (AvgIpc) is 3.10. The van der Waals surface area contributed by atoms with Crippen molar-refractivity contribution < 1.29 is 19.0 Å². The van der Waals surface area contributed by atoms with E-state index in [-0.39, 0.29) is 23.4 Å². The van der Waals surface area contributed by atoms with Crippen LogP contribution in [0.5, 0.6) is 0 Å². The number of aromatic nitrogens is 1. The number of carbonyl (C=O) groups excluding carboxylic acids is 1. The zero-order chi connectivity index (χ0) is 16.6. The molecule has 1 spiro atoms. The lowest BCUT2D eigenvalue weighted by atomic mass is 10.0. The van der Waals surface area contributed by atoms with E-state index in [0.717, 1.165) is 0 Å². The zero-order valence-electron chi connectivity index (χ0n) is 12.5. The van der Waals surface area contributed by atoms with E-state index in [2.05, 4.69) is 15.9 Å². The Morgan fingerprint density at radius 1 is 1.57 bits per heavy atom. The number of halogens is 1. The van der Waals surface area contributed by atoms with Gasteiger partial charge in [-0.3, -0.25) is 9.59 Å². The summed E-state index contributed by atoms with van der Waals surface area (Å²) < 4.78 is 17.9. The fourth-order valence-electron chi connectivity index (χ4n) is 2.99. The largest absolute Gasteiger partial charge is 0.466 e. The SMILES string of the molecule is CCOC(=O)Cc1cc2n(c(=O)c1C#N)CC(Br)C21OCCO1. The summed E-state index contributed by atoms with van der Waals surface area (Å²) in [5, 5.41) is 9.31. The average molecular weight is 383 g/mol. The highest BCUT2D eigenvalue weighted by Crippen LogP contribution is 2.43. The Morgan fingerprint density at radius 3 is 2.87 bits per heavy atom. The Morgan fingerprint density at radius 2 is 2.26 bits per heavy atom. The van der Waals surface area contributed by atoms with E-state index < -0.39 is 17.3 Å². The Balaban J connectivity index is 2.12. The molecule has 1 aromatic heterocycles. The summed E-state index contributed by atoms with van der Waals surface area (Å²) >= 11 is 3.50. The van der Waals surface area contributed by atoms with E-state index in [9.17, 15) is 14.9 Å². The molecular weight excluding hydrogens is 368 g/mol. The number of hydrogen-bond donors (Lipinski definition) is 0. The fraction of sp³-hybridized carbons (Fsp3) is 0.533. The van der Waals surface area contributed by atoms with E-state index in [1.165, 1.54) is 4.57 Å². The van der Waals surface area contributed by atoms with Crippen molar-refractivity contribution in [2.24, 2.45) is 0 Å². The highest BCUT2D eigenvalue weighted by Gasteiger charge is 2.52. The van der Waals surface area contributed by atoms with Crippen LogP contribution in [0.1, 0.15) is 23.7 Å². The van der Waals surface area contributed by atoms with Gasteiger partial charge in [-0.1, -0.05) is 15.9 Å². The molecule has 2 aliphatic heterocycles. The summed E-state index contributed by atoms with van der Waals surface area (Å²) in [6.45, 7) is 3.12. The van der Waals surface area contributed by atoms with Gasteiger partial charge in [-0.25, -0.2) is 0 Å². The van der Waals surface area contributed by atoms with Crippen LogP contribution in [0, 0.1) is 11.3 Å². The van der Waals surface area contributed by atoms with Crippen LogP contribution in [-0.2, 0) is 37.8 Å². The predicted octanol–water partition coefficient (Wildman–Crippen LogP) is 0.802. The summed E-state index contributed by atoms with van der Waals surface area (Å²) in [6, 6.07) is 3.54. The summed E-state index contributed by atoms with van der Waals surface area (Å²) in [5.41, 5.74) is 0.378. The number of fused-ring (bicyclic) bond motifs is 2. The van der Waals surface area contributed by atoms with Crippen molar-refractivity contribution in [3.05, 3.63) is 33.2 Å². The number of rotatable bonds is 3. The van der Waals surface area contributed by atoms with Gasteiger partial charge in [0.15, 0.2) is 0 Å². The van der Waals surface area contributed by atoms with Crippen molar-refractivity contribution in [3.63, 3.8) is 0 Å². The number of hydrogen-bond acceptors (Lipinski definition) is 6. The molecule has 0 bridgehead atoms. The summed E-state index contributed by atoms with van der Waals surface area (Å²) in [4.78, 5) is 24.1. The molecule has 0 N–H and O–H groups in total. The lowest BCUT2D eigenvalue weighted by Gasteiger charge is -2.25. The lowest BCUT2D eigenvalue weighted by Crippen LogP contribution is -2.34. The van der Waals surface area contributed by atoms with Crippen LogP contribution in [0.15, 0.2) is 10.9 Å². The molecule has 0 amide bonds. The predicted molar refractivity (Wildman–Crippen MR) is 82.1 cm³/mol. The molecule has 1 aromatic rings. The summed E-state index contributed by atoms with van der Waals surface area (Å²) in [7, 11) is 0. The van der Waals surface area contributed by atoms with Crippen LogP contribution in [0.4, 0.5) is 0 Å². The molecule has 8 heteroatoms. The van der Waals surface area contributed by atoms with Crippen molar-refractivity contribution in [1.29, 1.82) is 5.26 Å². The number of esters is 1. The number of alkyl halides is 1. The van der Waals surface area contributed by atoms with Gasteiger partial charge in [0, 0.05) is 6.54 Å². The third-order valence-electron chi connectivity index (χ3n) is 3.96. The zero-order valence-corrected chi connectivity index (χ0v) is 14.1. The van der Waals surface area contributed by atoms with Crippen LogP contribution in [-0.4, -0.2) is 35.2 Å². The quantitative estimate of drug-likeness (QED) is 0.567. The van der Waals surface area contributed by atoms with Crippen molar-refractivity contribution >= 4 is 21.9 Å². The van der Waals surface area contributed by atoms with Crippen LogP contribution in [0.3, 0.4) is 0 Å². The molecule has 2 aliphatic rings. The van der Waals surface area contributed by atoms with Gasteiger partial charge in [0.25, 0.3) is 5.56 Å². The molecule has 0 aliphatic carbocycles. The van der Waals surface area contributed by atoms with Crippen molar-refractivity contribution in [2.45, 2.75) is 30.5 Å². The monoisotopic (exact) mass is 382 g/mol. The van der Waals surface area contributed by atoms with E-state index in [0.29, 0.717) is 31.0 Å². The minimum absolute atomic E-state index is 0.0449. The first-order valence-corrected chi connectivity index (χ1v) is 8.20. The summed E-state index contributed by atoms with van der Waals surface area (Å²) in [5.74, 6) is -1.53. The molecule has 3 heterocycles. The third-order valence-corrected chi connectivity index (χ3v) is 4.85. The van der Waals surface area contributed by atoms with Crippen LogP contribution in [0.2, 0.25) is 0 Å². The maximum Gasteiger partial charge on any atom is 0.310 e. The van der Waals surface area contributed by atoms with Gasteiger partial charge in [0.2, 0.25) is 5.79 Å². The number of nitrogens with zero attached hydrogens (tertiary/aromatic N) is 2. The third kappa shape index (κ3) is 2.49. The van der Waals surface area contributed by atoms with Crippen molar-refractivity contribution in [3.8, 4) is 6.07 Å². The lowest BCUT2D eigenvalue weighted by molar-refractivity contribution is -0.157. The molecule has 1 saturated heterocycles. The van der Waals surface area contributed by atoms with Gasteiger partial charge in [-0.15, -0.1) is 0 Å². The normalized spacial score (nSPS) is 21.2. The highest BCUT2D eigenvalue weighted by atomic mass is 79.9. The number of nitriles is 1. The second-order valence-corrected chi connectivity index (χ2v) is 6.38. The first-order chi connectivity index (χ1) is 11.0. The molecule has 7 nitrogen and oxygen atoms in total. The van der Waals surface area contributed by atoms with E-state index >= 15 is 0 Å². The Bertz CT molecular complexity index is 745. The Kier molecular flexibility index (Phi) is 4.27. The van der Waals surface area contributed by atoms with Gasteiger partial charge in [-0.05, 0) is 18.6 Å². The molecule has 1 fully saturated rings. The van der Waals surface area contributed by atoms with Gasteiger partial charge in [0.05, 0.1) is 36.8 Å². The van der Waals surface area contributed by atoms with Gasteiger partial charge >= 0.3 is 5.97 Å². The van der Waals surface area contributed by atoms with Crippen molar-refractivity contribution in [1.82, 2.24) is 4.57 Å². The molecule has 0 aromatic carbocycles. The molecule has 1 unspecified atom stereocenters. The van der Waals surface area contributed by atoms with Crippen LogP contribution >= 0.6 is 15.9 Å². The van der Waals surface area contributed by atoms with E-state index in [1.54, 1.807) is 13.0 Å². The molecule has 0 saturated carbocycles. The fourth-order valence-corrected chi connectivity index (χ4v) is 3.78. The molecule has 23 heavy (non-hydrogen) atoms. The second kappa shape index (κ2) is 6.07. The van der Waals surface area contributed by atoms with Gasteiger partial charge in [-0.2, -0.15) is 5.26 Å². The van der Waals surface area contributed by atoms with Crippen LogP contribution < -0.4 is 5.56 Å². The number of ether oxygens (including phenoxy) is 3. The molecule has 0 radical (unpaired) electrons. The van der Waals surface area contributed by atoms with E-state index in [4.69, 9.17) is 14.2 Å². The molecular formula is C15H15BrN2O5. The topological polar surface area (TPSA) is 90.6 Å². The van der Waals surface area contributed by atoms with Crippen molar-refractivity contribution in [2.75, 3.05) is 19.8 Å².